The van der Waals surface area contributed by atoms with Gasteiger partial charge < -0.3 is 15.0 Å². The van der Waals surface area contributed by atoms with Gasteiger partial charge in [0.1, 0.15) is 5.75 Å². The zero-order valence-corrected chi connectivity index (χ0v) is 19.3. The average Bonchev–Trinajstić information content (AvgIpc) is 2.71. The number of halogens is 2. The molecule has 5 nitrogen and oxygen atoms in total. The van der Waals surface area contributed by atoms with Crippen LogP contribution in [0.25, 0.3) is 0 Å². The lowest BCUT2D eigenvalue weighted by molar-refractivity contribution is -0.125. The molecule has 8 heteroatoms. The first-order chi connectivity index (χ1) is 14.3. The number of nitrogens with one attached hydrogen (secondary N) is 2. The van der Waals surface area contributed by atoms with Crippen molar-refractivity contribution in [1.82, 2.24) is 5.32 Å². The van der Waals surface area contributed by atoms with E-state index in [9.17, 15) is 4.79 Å². The Balaban J connectivity index is 1.50. The van der Waals surface area contributed by atoms with Crippen LogP contribution < -0.4 is 20.3 Å². The van der Waals surface area contributed by atoms with Gasteiger partial charge >= 0.3 is 0 Å². The lowest BCUT2D eigenvalue weighted by Gasteiger charge is -2.32. The molecule has 1 atom stereocenters. The van der Waals surface area contributed by atoms with E-state index in [0.29, 0.717) is 15.8 Å². The summed E-state index contributed by atoms with van der Waals surface area (Å²) in [6.07, 6.45) is 1.65. The summed E-state index contributed by atoms with van der Waals surface area (Å²) in [7, 11) is 0. The van der Waals surface area contributed by atoms with Crippen LogP contribution in [-0.4, -0.2) is 30.2 Å². The van der Waals surface area contributed by atoms with E-state index in [0.717, 1.165) is 24.7 Å². The number of hydrogen-bond acceptors (Lipinski definition) is 4. The Morgan fingerprint density at radius 3 is 2.47 bits per heavy atom. The summed E-state index contributed by atoms with van der Waals surface area (Å²) in [6.45, 7) is 6.09. The van der Waals surface area contributed by atoms with Crippen molar-refractivity contribution in [3.63, 3.8) is 0 Å². The number of ether oxygens (including phenoxy) is 1. The molecule has 0 aliphatic carbocycles. The number of piperidine rings is 1. The molecule has 2 aromatic carbocycles. The van der Waals surface area contributed by atoms with E-state index in [4.69, 9.17) is 40.2 Å². The maximum atomic E-state index is 12.4. The number of carbonyl (C=O) groups excluding carboxylic acids is 1. The minimum absolute atomic E-state index is 0.206. The molecule has 30 heavy (non-hydrogen) atoms. The van der Waals surface area contributed by atoms with Gasteiger partial charge in [0, 0.05) is 29.5 Å². The number of nitrogens with zero attached hydrogens (tertiary/aromatic N) is 1. The number of anilines is 2. The predicted octanol–water partition coefficient (Wildman–Crippen LogP) is 5.51. The normalized spacial score (nSPS) is 15.4. The molecule has 1 unspecified atom stereocenters. The molecule has 1 aliphatic rings. The highest BCUT2D eigenvalue weighted by Crippen LogP contribution is 2.28. The van der Waals surface area contributed by atoms with E-state index >= 15 is 0 Å². The second kappa shape index (κ2) is 10.3. The second-order valence-corrected chi connectivity index (χ2v) is 8.75. The molecule has 0 bridgehead atoms. The summed E-state index contributed by atoms with van der Waals surface area (Å²) in [4.78, 5) is 14.8. The number of carbonyl (C=O) groups is 1. The molecule has 0 aromatic heterocycles. The highest BCUT2D eigenvalue weighted by atomic mass is 35.5. The summed E-state index contributed by atoms with van der Waals surface area (Å²) < 4.78 is 5.61. The van der Waals surface area contributed by atoms with Gasteiger partial charge in [0.2, 0.25) is 0 Å². The molecule has 0 radical (unpaired) electrons. The van der Waals surface area contributed by atoms with E-state index in [1.165, 1.54) is 18.5 Å². The smallest absolute Gasteiger partial charge is 0.266 e. The summed E-state index contributed by atoms with van der Waals surface area (Å²) in [5.41, 5.74) is 2.01. The monoisotopic (exact) mass is 465 g/mol. The van der Waals surface area contributed by atoms with Crippen molar-refractivity contribution in [1.29, 1.82) is 0 Å². The summed E-state index contributed by atoms with van der Waals surface area (Å²) in [5.74, 6) is 0.799. The van der Waals surface area contributed by atoms with Crippen LogP contribution in [0.4, 0.5) is 11.4 Å². The Kier molecular flexibility index (Phi) is 7.81. The Labute approximate surface area is 192 Å². The molecule has 1 saturated heterocycles. The summed E-state index contributed by atoms with van der Waals surface area (Å²) >= 11 is 17.2. The third-order valence-electron chi connectivity index (χ3n) is 5.08. The number of rotatable bonds is 5. The number of thiocarbonyl (C=S) groups is 1. The molecule has 0 spiro atoms. The topological polar surface area (TPSA) is 53.6 Å². The van der Waals surface area contributed by atoms with Crippen molar-refractivity contribution in [3.05, 3.63) is 52.5 Å². The molecular weight excluding hydrogens is 441 g/mol. The standard InChI is InChI=1S/C22H25Cl2N3O2S/c1-14-9-11-27(12-10-14)18-6-4-17(5-7-18)25-22(30)26-21(28)15(2)29-20-8-3-16(23)13-19(20)24/h3-8,13-15H,9-12H2,1-2H3,(H2,25,26,28,30). The van der Waals surface area contributed by atoms with Gasteiger partial charge in [0.25, 0.3) is 5.91 Å². The Hall–Kier alpha value is -2.02. The molecular formula is C22H25Cl2N3O2S. The fourth-order valence-corrected chi connectivity index (χ4v) is 3.88. The van der Waals surface area contributed by atoms with Gasteiger partial charge in [-0.05, 0) is 80.4 Å². The van der Waals surface area contributed by atoms with Crippen LogP contribution in [0.5, 0.6) is 5.75 Å². The van der Waals surface area contributed by atoms with E-state index in [1.54, 1.807) is 25.1 Å². The van der Waals surface area contributed by atoms with Crippen LogP contribution in [-0.2, 0) is 4.79 Å². The predicted molar refractivity (Wildman–Crippen MR) is 128 cm³/mol. The van der Waals surface area contributed by atoms with Crippen molar-refractivity contribution >= 4 is 57.8 Å². The van der Waals surface area contributed by atoms with Gasteiger partial charge in [0.05, 0.1) is 5.02 Å². The Morgan fingerprint density at radius 2 is 1.83 bits per heavy atom. The van der Waals surface area contributed by atoms with Crippen molar-refractivity contribution < 1.29 is 9.53 Å². The van der Waals surface area contributed by atoms with E-state index in [-0.39, 0.29) is 11.0 Å². The third kappa shape index (κ3) is 6.24. The Morgan fingerprint density at radius 1 is 1.17 bits per heavy atom. The van der Waals surface area contributed by atoms with Crippen molar-refractivity contribution in [2.45, 2.75) is 32.8 Å². The highest BCUT2D eigenvalue weighted by molar-refractivity contribution is 7.80. The SMILES string of the molecule is CC1CCN(c2ccc(NC(=S)NC(=O)C(C)Oc3ccc(Cl)cc3Cl)cc2)CC1. The van der Waals surface area contributed by atoms with Gasteiger partial charge in [-0.25, -0.2) is 0 Å². The number of hydrogen-bond donors (Lipinski definition) is 2. The molecule has 1 heterocycles. The molecule has 1 aliphatic heterocycles. The molecule has 1 amide bonds. The minimum Gasteiger partial charge on any atom is -0.479 e. The first kappa shape index (κ1) is 22.7. The summed E-state index contributed by atoms with van der Waals surface area (Å²) in [6, 6.07) is 12.9. The van der Waals surface area contributed by atoms with Gasteiger partial charge in [-0.3, -0.25) is 10.1 Å². The minimum atomic E-state index is -0.785. The molecule has 1 fully saturated rings. The van der Waals surface area contributed by atoms with E-state index < -0.39 is 6.10 Å². The fraction of sp³-hybridized carbons (Fsp3) is 0.364. The van der Waals surface area contributed by atoms with Crippen LogP contribution in [0.1, 0.15) is 26.7 Å². The maximum absolute atomic E-state index is 12.4. The fourth-order valence-electron chi connectivity index (χ4n) is 3.21. The number of benzene rings is 2. The molecule has 160 valence electrons. The summed E-state index contributed by atoms with van der Waals surface area (Å²) in [5, 5.41) is 6.71. The highest BCUT2D eigenvalue weighted by Gasteiger charge is 2.18. The van der Waals surface area contributed by atoms with E-state index in [2.05, 4.69) is 34.6 Å². The van der Waals surface area contributed by atoms with Crippen LogP contribution in [0.2, 0.25) is 10.0 Å². The molecule has 2 aromatic rings. The van der Waals surface area contributed by atoms with Crippen molar-refractivity contribution in [2.75, 3.05) is 23.3 Å². The van der Waals surface area contributed by atoms with Gasteiger partial charge in [0.15, 0.2) is 11.2 Å². The lowest BCUT2D eigenvalue weighted by Crippen LogP contribution is -2.42. The maximum Gasteiger partial charge on any atom is 0.266 e. The van der Waals surface area contributed by atoms with Crippen LogP contribution >= 0.6 is 35.4 Å². The van der Waals surface area contributed by atoms with Gasteiger partial charge in [-0.15, -0.1) is 0 Å². The third-order valence-corrected chi connectivity index (χ3v) is 5.81. The number of amides is 1. The average molecular weight is 466 g/mol. The first-order valence-electron chi connectivity index (χ1n) is 9.90. The molecule has 2 N–H and O–H groups in total. The van der Waals surface area contributed by atoms with Crippen molar-refractivity contribution in [2.24, 2.45) is 5.92 Å². The lowest BCUT2D eigenvalue weighted by atomic mass is 9.99. The van der Waals surface area contributed by atoms with Gasteiger partial charge in [-0.1, -0.05) is 30.1 Å². The van der Waals surface area contributed by atoms with E-state index in [1.807, 2.05) is 12.1 Å². The van der Waals surface area contributed by atoms with Crippen molar-refractivity contribution in [3.8, 4) is 5.75 Å². The molecule has 0 saturated carbocycles. The van der Waals surface area contributed by atoms with Gasteiger partial charge in [-0.2, -0.15) is 0 Å². The largest absolute Gasteiger partial charge is 0.479 e. The second-order valence-electron chi connectivity index (χ2n) is 7.49. The first-order valence-corrected chi connectivity index (χ1v) is 11.1. The quantitative estimate of drug-likeness (QED) is 0.570. The zero-order chi connectivity index (χ0) is 21.7. The van der Waals surface area contributed by atoms with Crippen LogP contribution in [0, 0.1) is 5.92 Å². The Bertz CT molecular complexity index is 900. The molecule has 3 rings (SSSR count). The zero-order valence-electron chi connectivity index (χ0n) is 17.0. The van der Waals surface area contributed by atoms with Crippen LogP contribution in [0.15, 0.2) is 42.5 Å². The van der Waals surface area contributed by atoms with Crippen LogP contribution in [0.3, 0.4) is 0 Å².